The molecule has 0 aliphatic heterocycles. The highest BCUT2D eigenvalue weighted by Gasteiger charge is 2.33. The molecule has 3 aromatic rings. The van der Waals surface area contributed by atoms with Crippen molar-refractivity contribution < 1.29 is 27.1 Å². The van der Waals surface area contributed by atoms with Crippen LogP contribution in [0, 0.1) is 11.6 Å². The molecule has 3 aromatic carbocycles. The molecule has 0 fully saturated rings. The Kier molecular flexibility index (Phi) is 9.98. The van der Waals surface area contributed by atoms with E-state index >= 15 is 0 Å². The number of aryl methyl sites for hydroxylation is 1. The van der Waals surface area contributed by atoms with Crippen LogP contribution in [0.3, 0.4) is 0 Å². The zero-order valence-corrected chi connectivity index (χ0v) is 23.5. The molecule has 0 aliphatic rings. The van der Waals surface area contributed by atoms with E-state index in [1.807, 2.05) is 18.2 Å². The summed E-state index contributed by atoms with van der Waals surface area (Å²) in [5, 5.41) is 17.0. The Labute approximate surface area is 229 Å². The lowest BCUT2D eigenvalue weighted by atomic mass is 9.98. The molecule has 3 rings (SSSR count). The van der Waals surface area contributed by atoms with Crippen molar-refractivity contribution in [2.75, 3.05) is 12.8 Å². The summed E-state index contributed by atoms with van der Waals surface area (Å²) in [6.45, 7) is 5.79. The van der Waals surface area contributed by atoms with Crippen molar-refractivity contribution in [2.45, 2.75) is 57.1 Å². The van der Waals surface area contributed by atoms with E-state index in [-0.39, 0.29) is 24.1 Å². The van der Waals surface area contributed by atoms with Gasteiger partial charge < -0.3 is 15.7 Å². The molecule has 210 valence electrons. The van der Waals surface area contributed by atoms with E-state index in [9.17, 15) is 27.1 Å². The van der Waals surface area contributed by atoms with Crippen LogP contribution in [-0.4, -0.2) is 44.4 Å². The maximum absolute atomic E-state index is 13.9. The summed E-state index contributed by atoms with van der Waals surface area (Å²) in [4.78, 5) is 13.2. The predicted molar refractivity (Wildman–Crippen MR) is 149 cm³/mol. The molecule has 0 bridgehead atoms. The lowest BCUT2D eigenvalue weighted by molar-refractivity contribution is 0.0829. The van der Waals surface area contributed by atoms with E-state index in [2.05, 4.69) is 23.6 Å². The minimum atomic E-state index is -3.47. The molecule has 0 radical (unpaired) electrons. The summed E-state index contributed by atoms with van der Waals surface area (Å²) in [5.41, 5.74) is 3.16. The van der Waals surface area contributed by atoms with Gasteiger partial charge in [-0.1, -0.05) is 43.3 Å². The largest absolute Gasteiger partial charge is 0.390 e. The van der Waals surface area contributed by atoms with Crippen molar-refractivity contribution in [2.24, 2.45) is 0 Å². The van der Waals surface area contributed by atoms with Crippen LogP contribution in [0.5, 0.6) is 0 Å². The first kappa shape index (κ1) is 30.4. The topological polar surface area (TPSA) is 95.5 Å². The fourth-order valence-corrected chi connectivity index (χ4v) is 4.79. The van der Waals surface area contributed by atoms with Gasteiger partial charge in [-0.2, -0.15) is 0 Å². The number of hydrogen-bond donors (Lipinski definition) is 3. The van der Waals surface area contributed by atoms with E-state index in [4.69, 9.17) is 0 Å². The molecule has 2 atom stereocenters. The van der Waals surface area contributed by atoms with Gasteiger partial charge in [0.1, 0.15) is 11.6 Å². The second kappa shape index (κ2) is 12.8. The number of sulfone groups is 1. The fourth-order valence-electron chi connectivity index (χ4n) is 4.23. The lowest BCUT2D eigenvalue weighted by Crippen LogP contribution is -2.48. The summed E-state index contributed by atoms with van der Waals surface area (Å²) < 4.78 is 51.1. The summed E-state index contributed by atoms with van der Waals surface area (Å²) >= 11 is 0. The molecular formula is C30H36F2N2O4S. The van der Waals surface area contributed by atoms with Crippen LogP contribution in [0.2, 0.25) is 0 Å². The van der Waals surface area contributed by atoms with Crippen molar-refractivity contribution in [3.63, 3.8) is 0 Å². The first-order chi connectivity index (χ1) is 18.3. The van der Waals surface area contributed by atoms with Crippen LogP contribution < -0.4 is 10.6 Å². The minimum absolute atomic E-state index is 0.0247. The normalized spacial score (nSPS) is 13.6. The van der Waals surface area contributed by atoms with Gasteiger partial charge in [-0.05, 0) is 73.2 Å². The molecule has 39 heavy (non-hydrogen) atoms. The van der Waals surface area contributed by atoms with E-state index in [1.54, 1.807) is 32.0 Å². The van der Waals surface area contributed by atoms with Crippen LogP contribution >= 0.6 is 0 Å². The van der Waals surface area contributed by atoms with Crippen LogP contribution in [0.25, 0.3) is 0 Å². The SMILES string of the molecule is CCc1cccc(CNC[C@H](O)[C@H](Cc2cc(F)cc(F)c2)NC(=O)c2cccc(C(C)(C)S(C)(=O)=O)c2)c1. The summed E-state index contributed by atoms with van der Waals surface area (Å²) in [7, 11) is -3.47. The van der Waals surface area contributed by atoms with Gasteiger partial charge in [0, 0.05) is 31.0 Å². The van der Waals surface area contributed by atoms with Crippen molar-refractivity contribution in [1.29, 1.82) is 0 Å². The standard InChI is InChI=1S/C30H36F2N2O4S/c1-5-20-8-6-9-21(12-20)18-33-19-28(35)27(15-22-13-25(31)17-26(32)14-22)34-29(36)23-10-7-11-24(16-23)30(2,3)39(4,37)38/h6-14,16-17,27-28,33,35H,5,15,18-19H2,1-4H3,(H,34,36)/t27-,28-/m0/s1. The maximum atomic E-state index is 13.9. The number of carbonyl (C=O) groups excluding carboxylic acids is 1. The van der Waals surface area contributed by atoms with Gasteiger partial charge in [0.2, 0.25) is 0 Å². The molecule has 6 nitrogen and oxygen atoms in total. The third kappa shape index (κ3) is 8.17. The Morgan fingerprint density at radius 3 is 2.23 bits per heavy atom. The number of carbonyl (C=O) groups is 1. The fraction of sp³-hybridized carbons (Fsp3) is 0.367. The first-order valence-corrected chi connectivity index (χ1v) is 14.7. The number of benzene rings is 3. The first-order valence-electron chi connectivity index (χ1n) is 12.8. The van der Waals surface area contributed by atoms with E-state index in [0.717, 1.165) is 36.4 Å². The van der Waals surface area contributed by atoms with E-state index in [1.165, 1.54) is 11.6 Å². The maximum Gasteiger partial charge on any atom is 0.251 e. The highest BCUT2D eigenvalue weighted by Crippen LogP contribution is 2.29. The second-order valence-electron chi connectivity index (χ2n) is 10.3. The zero-order valence-electron chi connectivity index (χ0n) is 22.7. The molecule has 3 N–H and O–H groups in total. The van der Waals surface area contributed by atoms with Crippen molar-refractivity contribution in [3.8, 4) is 0 Å². The highest BCUT2D eigenvalue weighted by atomic mass is 32.2. The van der Waals surface area contributed by atoms with Gasteiger partial charge in [0.25, 0.3) is 5.91 Å². The molecule has 0 heterocycles. The Hall–Kier alpha value is -3.14. The molecule has 0 spiro atoms. The number of aliphatic hydroxyl groups is 1. The average Bonchev–Trinajstić information content (AvgIpc) is 2.87. The molecule has 0 aliphatic carbocycles. The van der Waals surface area contributed by atoms with Crippen LogP contribution in [-0.2, 0) is 34.0 Å². The quantitative estimate of drug-likeness (QED) is 0.308. The van der Waals surface area contributed by atoms with Crippen molar-refractivity contribution >= 4 is 15.7 Å². The van der Waals surface area contributed by atoms with E-state index < -0.39 is 44.3 Å². The van der Waals surface area contributed by atoms with Gasteiger partial charge in [-0.3, -0.25) is 4.79 Å². The molecule has 1 amide bonds. The molecule has 0 aromatic heterocycles. The summed E-state index contributed by atoms with van der Waals surface area (Å²) in [6.07, 6.45) is 0.918. The molecule has 9 heteroatoms. The number of aliphatic hydroxyl groups excluding tert-OH is 1. The van der Waals surface area contributed by atoms with Crippen LogP contribution in [0.15, 0.2) is 66.7 Å². The number of halogens is 2. The Morgan fingerprint density at radius 2 is 1.59 bits per heavy atom. The number of hydrogen-bond acceptors (Lipinski definition) is 5. The molecule has 0 saturated carbocycles. The van der Waals surface area contributed by atoms with Crippen molar-refractivity contribution in [3.05, 3.63) is 106 Å². The highest BCUT2D eigenvalue weighted by molar-refractivity contribution is 7.91. The zero-order chi connectivity index (χ0) is 28.8. The number of amides is 1. The average molecular weight is 559 g/mol. The Bertz CT molecular complexity index is 1390. The van der Waals surface area contributed by atoms with Crippen LogP contribution in [0.1, 0.15) is 53.4 Å². The van der Waals surface area contributed by atoms with Crippen molar-refractivity contribution in [1.82, 2.24) is 10.6 Å². The van der Waals surface area contributed by atoms with Gasteiger partial charge >= 0.3 is 0 Å². The monoisotopic (exact) mass is 558 g/mol. The van der Waals surface area contributed by atoms with Crippen LogP contribution in [0.4, 0.5) is 8.78 Å². The van der Waals surface area contributed by atoms with Gasteiger partial charge in [0.15, 0.2) is 9.84 Å². The van der Waals surface area contributed by atoms with Gasteiger partial charge in [-0.25, -0.2) is 17.2 Å². The van der Waals surface area contributed by atoms with Gasteiger partial charge in [0.05, 0.1) is 16.9 Å². The molecule has 0 saturated heterocycles. The third-order valence-corrected chi connectivity index (χ3v) is 9.08. The lowest BCUT2D eigenvalue weighted by Gasteiger charge is -2.26. The molecule has 0 unspecified atom stereocenters. The molecular weight excluding hydrogens is 522 g/mol. The summed E-state index contributed by atoms with van der Waals surface area (Å²) in [6, 6.07) is 16.5. The third-order valence-electron chi connectivity index (χ3n) is 6.99. The van der Waals surface area contributed by atoms with E-state index in [0.29, 0.717) is 12.1 Å². The second-order valence-corrected chi connectivity index (χ2v) is 12.9. The predicted octanol–water partition coefficient (Wildman–Crippen LogP) is 4.30. The minimum Gasteiger partial charge on any atom is -0.390 e. The van der Waals surface area contributed by atoms with Gasteiger partial charge in [-0.15, -0.1) is 0 Å². The Morgan fingerprint density at radius 1 is 0.949 bits per heavy atom. The number of rotatable bonds is 12. The smallest absolute Gasteiger partial charge is 0.251 e. The number of nitrogens with one attached hydrogen (secondary N) is 2. The Balaban J connectivity index is 1.80. The summed E-state index contributed by atoms with van der Waals surface area (Å²) in [5.74, 6) is -2.05.